The molecule has 1 aliphatic rings. The van der Waals surface area contributed by atoms with E-state index in [2.05, 4.69) is 12.0 Å². The van der Waals surface area contributed by atoms with E-state index in [0.717, 1.165) is 31.5 Å². The van der Waals surface area contributed by atoms with E-state index in [0.29, 0.717) is 11.6 Å². The molecule has 0 unspecified atom stereocenters. The fourth-order valence-electron chi connectivity index (χ4n) is 3.18. The Labute approximate surface area is 141 Å². The Hall–Kier alpha value is -2.43. The Kier molecular flexibility index (Phi) is 5.08. The smallest absolute Gasteiger partial charge is 0.267 e. The molecule has 1 saturated heterocycles. The zero-order valence-corrected chi connectivity index (χ0v) is 14.0. The minimum absolute atomic E-state index is 0.00986. The maximum Gasteiger partial charge on any atom is 0.267 e. The quantitative estimate of drug-likeness (QED) is 0.868. The fourth-order valence-corrected chi connectivity index (χ4v) is 3.18. The van der Waals surface area contributed by atoms with Gasteiger partial charge in [-0.05, 0) is 24.8 Å². The summed E-state index contributed by atoms with van der Waals surface area (Å²) >= 11 is 0. The largest absolute Gasteiger partial charge is 0.341 e. The first-order valence-electron chi connectivity index (χ1n) is 8.58. The van der Waals surface area contributed by atoms with Crippen molar-refractivity contribution in [2.24, 2.45) is 5.92 Å². The highest BCUT2D eigenvalue weighted by Crippen LogP contribution is 2.19. The molecule has 0 N–H and O–H groups in total. The third-order valence-electron chi connectivity index (χ3n) is 4.67. The summed E-state index contributed by atoms with van der Waals surface area (Å²) in [4.78, 5) is 26.5. The topological polar surface area (TPSA) is 55.2 Å². The number of benzene rings is 1. The van der Waals surface area contributed by atoms with Crippen LogP contribution in [-0.2, 0) is 11.3 Å². The van der Waals surface area contributed by atoms with Crippen LogP contribution >= 0.6 is 0 Å². The molecule has 0 saturated carbocycles. The van der Waals surface area contributed by atoms with Crippen molar-refractivity contribution in [3.63, 3.8) is 0 Å². The zero-order chi connectivity index (χ0) is 16.9. The van der Waals surface area contributed by atoms with Crippen LogP contribution in [-0.4, -0.2) is 33.7 Å². The second kappa shape index (κ2) is 7.43. The number of carbonyl (C=O) groups excluding carboxylic acids is 1. The van der Waals surface area contributed by atoms with E-state index in [-0.39, 0.29) is 18.0 Å². The molecule has 5 heteroatoms. The summed E-state index contributed by atoms with van der Waals surface area (Å²) in [6.45, 7) is 3.74. The maximum absolute atomic E-state index is 12.6. The van der Waals surface area contributed by atoms with Crippen molar-refractivity contribution in [2.75, 3.05) is 13.1 Å². The standard InChI is InChI=1S/C19H23N3O2/c1-2-15-7-6-12-21(13-15)19(24)14-22-18(23)11-10-17(20-22)16-8-4-3-5-9-16/h3-5,8-11,15H,2,6-7,12-14H2,1H3/t15-/m1/s1. The summed E-state index contributed by atoms with van der Waals surface area (Å²) in [5.41, 5.74) is 1.39. The van der Waals surface area contributed by atoms with Gasteiger partial charge in [-0.15, -0.1) is 0 Å². The molecule has 0 radical (unpaired) electrons. The minimum Gasteiger partial charge on any atom is -0.341 e. The Bertz CT molecular complexity index is 755. The molecule has 0 bridgehead atoms. The van der Waals surface area contributed by atoms with E-state index >= 15 is 0 Å². The molecule has 24 heavy (non-hydrogen) atoms. The van der Waals surface area contributed by atoms with Crippen LogP contribution in [0.3, 0.4) is 0 Å². The Morgan fingerprint density at radius 1 is 1.21 bits per heavy atom. The molecule has 2 aromatic rings. The first-order valence-corrected chi connectivity index (χ1v) is 8.58. The fraction of sp³-hybridized carbons (Fsp3) is 0.421. The highest BCUT2D eigenvalue weighted by molar-refractivity contribution is 5.76. The number of piperidine rings is 1. The molecule has 1 amide bonds. The molecule has 2 heterocycles. The van der Waals surface area contributed by atoms with Gasteiger partial charge in [0.2, 0.25) is 5.91 Å². The van der Waals surface area contributed by atoms with Crippen molar-refractivity contribution in [3.05, 3.63) is 52.8 Å². The lowest BCUT2D eigenvalue weighted by Crippen LogP contribution is -2.43. The average Bonchev–Trinajstić information content (AvgIpc) is 2.64. The second-order valence-electron chi connectivity index (χ2n) is 6.34. The van der Waals surface area contributed by atoms with Crippen LogP contribution in [0.4, 0.5) is 0 Å². The van der Waals surface area contributed by atoms with Crippen LogP contribution in [0.5, 0.6) is 0 Å². The lowest BCUT2D eigenvalue weighted by atomic mass is 9.96. The van der Waals surface area contributed by atoms with Gasteiger partial charge in [0.1, 0.15) is 6.54 Å². The summed E-state index contributed by atoms with van der Waals surface area (Å²) in [7, 11) is 0. The highest BCUT2D eigenvalue weighted by Gasteiger charge is 2.23. The number of hydrogen-bond donors (Lipinski definition) is 0. The number of likely N-dealkylation sites (tertiary alicyclic amines) is 1. The lowest BCUT2D eigenvalue weighted by molar-refractivity contribution is -0.133. The molecular formula is C19H23N3O2. The second-order valence-corrected chi connectivity index (χ2v) is 6.34. The highest BCUT2D eigenvalue weighted by atomic mass is 16.2. The molecule has 1 aliphatic heterocycles. The van der Waals surface area contributed by atoms with Crippen molar-refractivity contribution in [3.8, 4) is 11.3 Å². The van der Waals surface area contributed by atoms with Crippen molar-refractivity contribution >= 4 is 5.91 Å². The van der Waals surface area contributed by atoms with Gasteiger partial charge in [0.15, 0.2) is 0 Å². The normalized spacial score (nSPS) is 17.7. The van der Waals surface area contributed by atoms with Crippen LogP contribution in [0, 0.1) is 5.92 Å². The predicted octanol–water partition coefficient (Wildman–Crippen LogP) is 2.56. The van der Waals surface area contributed by atoms with Crippen molar-refractivity contribution in [2.45, 2.75) is 32.7 Å². The molecule has 0 spiro atoms. The third-order valence-corrected chi connectivity index (χ3v) is 4.67. The molecule has 3 rings (SSSR count). The zero-order valence-electron chi connectivity index (χ0n) is 14.0. The van der Waals surface area contributed by atoms with E-state index < -0.39 is 0 Å². The van der Waals surface area contributed by atoms with Gasteiger partial charge in [-0.2, -0.15) is 5.10 Å². The van der Waals surface area contributed by atoms with Crippen LogP contribution < -0.4 is 5.56 Å². The minimum atomic E-state index is -0.243. The number of hydrogen-bond acceptors (Lipinski definition) is 3. The Morgan fingerprint density at radius 2 is 2.00 bits per heavy atom. The summed E-state index contributed by atoms with van der Waals surface area (Å²) in [5, 5.41) is 4.37. The number of amides is 1. The summed E-state index contributed by atoms with van der Waals surface area (Å²) < 4.78 is 1.28. The van der Waals surface area contributed by atoms with Crippen LogP contribution in [0.25, 0.3) is 11.3 Å². The van der Waals surface area contributed by atoms with Crippen LogP contribution in [0.1, 0.15) is 26.2 Å². The molecule has 1 aromatic heterocycles. The number of nitrogens with zero attached hydrogens (tertiary/aromatic N) is 3. The van der Waals surface area contributed by atoms with E-state index in [9.17, 15) is 9.59 Å². The van der Waals surface area contributed by atoms with Gasteiger partial charge in [-0.3, -0.25) is 9.59 Å². The molecule has 5 nitrogen and oxygen atoms in total. The summed E-state index contributed by atoms with van der Waals surface area (Å²) in [6.07, 6.45) is 3.31. The summed E-state index contributed by atoms with van der Waals surface area (Å²) in [5.74, 6) is 0.552. The monoisotopic (exact) mass is 325 g/mol. The van der Waals surface area contributed by atoms with Gasteiger partial charge < -0.3 is 4.90 Å². The van der Waals surface area contributed by atoms with Gasteiger partial charge in [-0.25, -0.2) is 4.68 Å². The molecule has 1 aromatic carbocycles. The first-order chi connectivity index (χ1) is 11.7. The predicted molar refractivity (Wildman–Crippen MR) is 93.5 cm³/mol. The van der Waals surface area contributed by atoms with E-state index in [1.54, 1.807) is 6.07 Å². The van der Waals surface area contributed by atoms with Crippen molar-refractivity contribution in [1.82, 2.24) is 14.7 Å². The van der Waals surface area contributed by atoms with Crippen molar-refractivity contribution < 1.29 is 4.79 Å². The molecular weight excluding hydrogens is 302 g/mol. The first kappa shape index (κ1) is 16.4. The Morgan fingerprint density at radius 3 is 2.75 bits per heavy atom. The van der Waals surface area contributed by atoms with Crippen LogP contribution in [0.15, 0.2) is 47.3 Å². The molecule has 1 fully saturated rings. The van der Waals surface area contributed by atoms with E-state index in [1.807, 2.05) is 35.2 Å². The molecule has 1 atom stereocenters. The molecule has 0 aliphatic carbocycles. The Balaban J connectivity index is 1.77. The van der Waals surface area contributed by atoms with Crippen LogP contribution in [0.2, 0.25) is 0 Å². The maximum atomic E-state index is 12.6. The number of aromatic nitrogens is 2. The van der Waals surface area contributed by atoms with Gasteiger partial charge in [-0.1, -0.05) is 43.7 Å². The molecule has 126 valence electrons. The third kappa shape index (κ3) is 3.72. The van der Waals surface area contributed by atoms with Crippen molar-refractivity contribution in [1.29, 1.82) is 0 Å². The number of carbonyl (C=O) groups is 1. The average molecular weight is 325 g/mol. The van der Waals surface area contributed by atoms with Gasteiger partial charge in [0.25, 0.3) is 5.56 Å². The lowest BCUT2D eigenvalue weighted by Gasteiger charge is -2.32. The van der Waals surface area contributed by atoms with E-state index in [4.69, 9.17) is 0 Å². The van der Waals surface area contributed by atoms with E-state index in [1.165, 1.54) is 17.2 Å². The van der Waals surface area contributed by atoms with Gasteiger partial charge in [0, 0.05) is 24.7 Å². The van der Waals surface area contributed by atoms with Gasteiger partial charge in [0.05, 0.1) is 5.69 Å². The SMILES string of the molecule is CC[C@@H]1CCCN(C(=O)Cn2nc(-c3ccccc3)ccc2=O)C1. The number of rotatable bonds is 4. The summed E-state index contributed by atoms with van der Waals surface area (Å²) in [6, 6.07) is 12.8. The van der Waals surface area contributed by atoms with Gasteiger partial charge >= 0.3 is 0 Å².